The summed E-state index contributed by atoms with van der Waals surface area (Å²) in [5, 5.41) is 8.13. The van der Waals surface area contributed by atoms with Crippen LogP contribution in [0.2, 0.25) is 0 Å². The summed E-state index contributed by atoms with van der Waals surface area (Å²) in [6.45, 7) is 0. The summed E-state index contributed by atoms with van der Waals surface area (Å²) in [5.74, 6) is 1.65. The van der Waals surface area contributed by atoms with Gasteiger partial charge < -0.3 is 13.9 Å². The first-order chi connectivity index (χ1) is 16.6. The quantitative estimate of drug-likeness (QED) is 0.297. The molecule has 172 valence electrons. The van der Waals surface area contributed by atoms with Crippen LogP contribution in [0.15, 0.2) is 72.8 Å². The number of fused-ring (bicyclic) bond motifs is 7. The zero-order chi connectivity index (χ0) is 22.8. The number of hydrogen-bond donors (Lipinski definition) is 1. The van der Waals surface area contributed by atoms with Gasteiger partial charge in [0.2, 0.25) is 0 Å². The molecule has 2 fully saturated rings. The van der Waals surface area contributed by atoms with Gasteiger partial charge in [0.25, 0.3) is 0 Å². The van der Waals surface area contributed by atoms with E-state index in [0.29, 0.717) is 11.5 Å². The summed E-state index contributed by atoms with van der Waals surface area (Å²) in [5.41, 5.74) is 1.92. The zero-order valence-electron chi connectivity index (χ0n) is 18.8. The second kappa shape index (κ2) is 7.86. The second-order valence-corrected chi connectivity index (χ2v) is 13.0. The van der Waals surface area contributed by atoms with Crippen molar-refractivity contribution >= 4 is 41.3 Å². The molecule has 3 aliphatic rings. The fraction of sp³-hybridized carbons (Fsp3) is 0.286. The molecule has 4 aromatic carbocycles. The van der Waals surface area contributed by atoms with Crippen LogP contribution < -0.4 is 19.3 Å². The fourth-order valence-corrected chi connectivity index (χ4v) is 9.75. The Morgan fingerprint density at radius 3 is 1.91 bits per heavy atom. The zero-order valence-corrected chi connectivity index (χ0v) is 20.5. The molecule has 0 unspecified atom stereocenters. The molecule has 4 aromatic rings. The van der Waals surface area contributed by atoms with Gasteiger partial charge in [0, 0.05) is 11.1 Å². The summed E-state index contributed by atoms with van der Waals surface area (Å²) in [6.07, 6.45) is 5.91. The van der Waals surface area contributed by atoms with E-state index in [2.05, 4.69) is 29.6 Å². The minimum absolute atomic E-state index is 0.00220. The Bertz CT molecular complexity index is 1330. The third-order valence-electron chi connectivity index (χ3n) is 7.47. The van der Waals surface area contributed by atoms with Gasteiger partial charge in [-0.3, -0.25) is 5.32 Å². The minimum atomic E-state index is -3.55. The molecule has 34 heavy (non-hydrogen) atoms. The fourth-order valence-electron chi connectivity index (χ4n) is 5.80. The van der Waals surface area contributed by atoms with Crippen molar-refractivity contribution < 1.29 is 13.9 Å². The monoisotopic (exact) mass is 487 g/mol. The highest BCUT2D eigenvalue weighted by Gasteiger charge is 2.55. The average Bonchev–Trinajstić information content (AvgIpc) is 3.22. The normalized spacial score (nSPS) is 22.6. The molecule has 7 rings (SSSR count). The largest absolute Gasteiger partial charge is 0.615 e. The lowest BCUT2D eigenvalue weighted by atomic mass is 9.92. The molecule has 6 heteroatoms. The Balaban J connectivity index is 1.43. The molecular weight excluding hydrogens is 461 g/mol. The summed E-state index contributed by atoms with van der Waals surface area (Å²) >= 11 is 1.90. The third-order valence-corrected chi connectivity index (χ3v) is 11.3. The maximum atomic E-state index is 14.6. The van der Waals surface area contributed by atoms with Crippen molar-refractivity contribution in [1.29, 1.82) is 0 Å². The molecule has 0 bridgehead atoms. The Morgan fingerprint density at radius 1 is 0.765 bits per heavy atom. The first-order valence-corrected chi connectivity index (χ1v) is 14.7. The van der Waals surface area contributed by atoms with E-state index in [9.17, 15) is 4.89 Å². The van der Waals surface area contributed by atoms with E-state index in [1.165, 1.54) is 19.3 Å². The SMILES string of the molecule is [O-][P+]1([C@H]2CSC3(CCCCC3)N2)Oc2ccc3ccccc3c2-c2c(ccc3ccccc23)O1. The van der Waals surface area contributed by atoms with E-state index in [1.54, 1.807) is 0 Å². The molecule has 2 aliphatic heterocycles. The Labute approximate surface area is 204 Å². The van der Waals surface area contributed by atoms with Gasteiger partial charge in [0.05, 0.1) is 10.6 Å². The topological polar surface area (TPSA) is 53.5 Å². The van der Waals surface area contributed by atoms with Crippen molar-refractivity contribution in [2.24, 2.45) is 0 Å². The molecule has 0 radical (unpaired) electrons. The number of nitrogens with one attached hydrogen (secondary N) is 1. The Kier molecular flexibility index (Phi) is 4.86. The van der Waals surface area contributed by atoms with Gasteiger partial charge in [0.15, 0.2) is 17.3 Å². The summed E-state index contributed by atoms with van der Waals surface area (Å²) < 4.78 is 12.9. The van der Waals surface area contributed by atoms with Crippen LogP contribution in [-0.2, 0) is 0 Å². The molecular formula is C28H26NO3PS. The molecule has 1 saturated carbocycles. The standard InChI is InChI=1S/C28H26NO3PS/c30-33(25-18-34-28(29-25)16-6-1-7-17-28)31-23-14-12-19-8-2-4-10-21(19)26(23)27-22-11-5-3-9-20(22)13-15-24(27)32-33/h2-5,8-15,25,29H,1,6-7,16-18H2/t25-/m0/s1. The van der Waals surface area contributed by atoms with Gasteiger partial charge in [-0.05, 0) is 46.5 Å². The Morgan fingerprint density at radius 2 is 1.32 bits per heavy atom. The van der Waals surface area contributed by atoms with Crippen molar-refractivity contribution in [3.05, 3.63) is 72.8 Å². The minimum Gasteiger partial charge on any atom is -0.615 e. The van der Waals surface area contributed by atoms with Crippen molar-refractivity contribution in [3.63, 3.8) is 0 Å². The van der Waals surface area contributed by atoms with Crippen LogP contribution in [0.25, 0.3) is 32.7 Å². The summed E-state index contributed by atoms with van der Waals surface area (Å²) in [7, 11) is -3.55. The van der Waals surface area contributed by atoms with E-state index in [0.717, 1.165) is 51.3 Å². The van der Waals surface area contributed by atoms with Crippen LogP contribution >= 0.6 is 19.7 Å². The number of thioether (sulfide) groups is 1. The van der Waals surface area contributed by atoms with Crippen molar-refractivity contribution in [2.45, 2.75) is 42.8 Å². The van der Waals surface area contributed by atoms with Crippen LogP contribution in [0.4, 0.5) is 0 Å². The predicted molar refractivity (Wildman–Crippen MR) is 140 cm³/mol. The summed E-state index contributed by atoms with van der Waals surface area (Å²) in [6, 6.07) is 24.6. The molecule has 1 N–H and O–H groups in total. The molecule has 1 atom stereocenters. The molecule has 1 saturated heterocycles. The van der Waals surface area contributed by atoms with Crippen LogP contribution in [-0.4, -0.2) is 16.4 Å². The average molecular weight is 488 g/mol. The van der Waals surface area contributed by atoms with Gasteiger partial charge in [-0.2, -0.15) is 0 Å². The highest BCUT2D eigenvalue weighted by Crippen LogP contribution is 2.65. The lowest BCUT2D eigenvalue weighted by Crippen LogP contribution is -2.47. The smallest absolute Gasteiger partial charge is 0.350 e. The van der Waals surface area contributed by atoms with E-state index in [1.807, 2.05) is 60.3 Å². The molecule has 4 nitrogen and oxygen atoms in total. The van der Waals surface area contributed by atoms with Crippen LogP contribution in [0.5, 0.6) is 11.5 Å². The molecule has 0 amide bonds. The molecule has 1 aliphatic carbocycles. The first kappa shape index (κ1) is 21.0. The highest BCUT2D eigenvalue weighted by molar-refractivity contribution is 8.01. The lowest BCUT2D eigenvalue weighted by molar-refractivity contribution is -0.205. The maximum absolute atomic E-state index is 14.6. The summed E-state index contributed by atoms with van der Waals surface area (Å²) in [4.78, 5) is 14.6. The Hall–Kier alpha value is -2.30. The highest BCUT2D eigenvalue weighted by atomic mass is 32.2. The van der Waals surface area contributed by atoms with Gasteiger partial charge in [-0.15, -0.1) is 11.8 Å². The predicted octanol–water partition coefficient (Wildman–Crippen LogP) is 6.88. The third kappa shape index (κ3) is 3.25. The van der Waals surface area contributed by atoms with Crippen LogP contribution in [0.1, 0.15) is 32.1 Å². The van der Waals surface area contributed by atoms with Crippen molar-refractivity contribution in [2.75, 3.05) is 5.75 Å². The van der Waals surface area contributed by atoms with Crippen molar-refractivity contribution in [1.82, 2.24) is 5.32 Å². The van der Waals surface area contributed by atoms with E-state index in [4.69, 9.17) is 9.05 Å². The van der Waals surface area contributed by atoms with Gasteiger partial charge in [0.1, 0.15) is 0 Å². The molecule has 2 heterocycles. The molecule has 0 aromatic heterocycles. The first-order valence-electron chi connectivity index (χ1n) is 12.1. The van der Waals surface area contributed by atoms with Crippen molar-refractivity contribution in [3.8, 4) is 22.6 Å². The second-order valence-electron chi connectivity index (χ2n) is 9.57. The van der Waals surface area contributed by atoms with Crippen LogP contribution in [0.3, 0.4) is 0 Å². The van der Waals surface area contributed by atoms with Gasteiger partial charge >= 0.3 is 7.94 Å². The van der Waals surface area contributed by atoms with E-state index in [-0.39, 0.29) is 10.7 Å². The van der Waals surface area contributed by atoms with Crippen LogP contribution in [0, 0.1) is 0 Å². The van der Waals surface area contributed by atoms with E-state index < -0.39 is 7.94 Å². The number of rotatable bonds is 1. The van der Waals surface area contributed by atoms with Gasteiger partial charge in [-0.1, -0.05) is 79.9 Å². The van der Waals surface area contributed by atoms with Gasteiger partial charge in [-0.25, -0.2) is 0 Å². The molecule has 1 spiro atoms. The number of hydrogen-bond acceptors (Lipinski definition) is 5. The maximum Gasteiger partial charge on any atom is 0.350 e. The number of benzene rings is 4. The van der Waals surface area contributed by atoms with E-state index >= 15 is 0 Å². The lowest BCUT2D eigenvalue weighted by Gasteiger charge is -2.35.